The topological polar surface area (TPSA) is 34.1 Å². The fourth-order valence-electron chi connectivity index (χ4n) is 1.18. The van der Waals surface area contributed by atoms with Gasteiger partial charge in [0.2, 0.25) is 0 Å². The summed E-state index contributed by atoms with van der Waals surface area (Å²) in [6, 6.07) is 0. The highest BCUT2D eigenvalue weighted by atomic mass is 32.1. The molecule has 0 atom stereocenters. The summed E-state index contributed by atoms with van der Waals surface area (Å²) in [5.74, 6) is 0. The molecule has 1 N–H and O–H groups in total. The summed E-state index contributed by atoms with van der Waals surface area (Å²) >= 11 is 1.68. The molecule has 1 aromatic rings. The summed E-state index contributed by atoms with van der Waals surface area (Å²) in [4.78, 5) is 4.52. The molecular weight excluding hydrogens is 232 g/mol. The molecule has 1 aromatic heterocycles. The summed E-state index contributed by atoms with van der Waals surface area (Å²) in [6.07, 6.45) is 2.75. The van der Waals surface area contributed by atoms with Crippen LogP contribution in [0.5, 0.6) is 0 Å². The number of aromatic nitrogens is 1. The average molecular weight is 254 g/mol. The zero-order valence-corrected chi connectivity index (χ0v) is 11.8. The van der Waals surface area contributed by atoms with Gasteiger partial charge in [0.1, 0.15) is 5.01 Å². The van der Waals surface area contributed by atoms with E-state index in [-0.39, 0.29) is 5.54 Å². The third-order valence-corrected chi connectivity index (χ3v) is 2.98. The van der Waals surface area contributed by atoms with E-state index in [1.54, 1.807) is 11.3 Å². The lowest BCUT2D eigenvalue weighted by Gasteiger charge is -2.19. The number of nitrogens with zero attached hydrogens (tertiary/aromatic N) is 1. The Balaban J connectivity index is 2.30. The van der Waals surface area contributed by atoms with Crippen molar-refractivity contribution in [1.29, 1.82) is 0 Å². The number of hydrogen-bond acceptors (Lipinski definition) is 4. The average Bonchev–Trinajstić information content (AvgIpc) is 2.69. The van der Waals surface area contributed by atoms with Gasteiger partial charge in [0.25, 0.3) is 0 Å². The van der Waals surface area contributed by atoms with Gasteiger partial charge >= 0.3 is 0 Å². The SMILES string of the molecule is C=CCCOCc1csc(CNC(C)(C)C)n1. The molecule has 0 fully saturated rings. The van der Waals surface area contributed by atoms with Crippen LogP contribution in [0.25, 0.3) is 0 Å². The summed E-state index contributed by atoms with van der Waals surface area (Å²) in [5, 5.41) is 6.60. The van der Waals surface area contributed by atoms with Crippen molar-refractivity contribution >= 4 is 11.3 Å². The van der Waals surface area contributed by atoms with E-state index in [9.17, 15) is 0 Å². The Morgan fingerprint density at radius 2 is 2.29 bits per heavy atom. The van der Waals surface area contributed by atoms with E-state index in [4.69, 9.17) is 4.74 Å². The van der Waals surface area contributed by atoms with E-state index >= 15 is 0 Å². The Hall–Kier alpha value is -0.710. The minimum Gasteiger partial charge on any atom is -0.375 e. The summed E-state index contributed by atoms with van der Waals surface area (Å²) in [6.45, 7) is 12.2. The molecule has 0 bridgehead atoms. The normalized spacial score (nSPS) is 11.7. The quantitative estimate of drug-likeness (QED) is 0.599. The zero-order chi connectivity index (χ0) is 12.7. The smallest absolute Gasteiger partial charge is 0.107 e. The van der Waals surface area contributed by atoms with Crippen LogP contribution < -0.4 is 5.32 Å². The zero-order valence-electron chi connectivity index (χ0n) is 11.0. The summed E-state index contributed by atoms with van der Waals surface area (Å²) in [7, 11) is 0. The number of ether oxygens (including phenoxy) is 1. The van der Waals surface area contributed by atoms with E-state index in [2.05, 4.69) is 43.0 Å². The van der Waals surface area contributed by atoms with Gasteiger partial charge in [0, 0.05) is 17.5 Å². The van der Waals surface area contributed by atoms with Gasteiger partial charge in [-0.1, -0.05) is 6.08 Å². The third-order valence-electron chi connectivity index (χ3n) is 2.09. The fourth-order valence-corrected chi connectivity index (χ4v) is 1.90. The Morgan fingerprint density at radius 1 is 1.53 bits per heavy atom. The largest absolute Gasteiger partial charge is 0.375 e. The van der Waals surface area contributed by atoms with E-state index in [1.165, 1.54) is 0 Å². The molecule has 0 saturated carbocycles. The molecule has 0 aliphatic rings. The van der Waals surface area contributed by atoms with Crippen molar-refractivity contribution in [2.45, 2.75) is 45.9 Å². The predicted octanol–water partition coefficient (Wildman–Crippen LogP) is 3.12. The standard InChI is InChI=1S/C13H22N2OS/c1-5-6-7-16-9-11-10-17-12(15-11)8-14-13(2,3)4/h5,10,14H,1,6-9H2,2-4H3. The second-order valence-electron chi connectivity index (χ2n) is 4.97. The van der Waals surface area contributed by atoms with Crippen LogP contribution >= 0.6 is 11.3 Å². The second kappa shape index (κ2) is 6.89. The Morgan fingerprint density at radius 3 is 2.94 bits per heavy atom. The molecule has 1 rings (SSSR count). The highest BCUT2D eigenvalue weighted by Crippen LogP contribution is 2.12. The molecule has 4 heteroatoms. The van der Waals surface area contributed by atoms with Crippen molar-refractivity contribution in [3.63, 3.8) is 0 Å². The van der Waals surface area contributed by atoms with E-state index < -0.39 is 0 Å². The summed E-state index contributed by atoms with van der Waals surface area (Å²) < 4.78 is 5.47. The molecule has 0 aliphatic heterocycles. The molecule has 17 heavy (non-hydrogen) atoms. The monoisotopic (exact) mass is 254 g/mol. The predicted molar refractivity (Wildman–Crippen MR) is 73.2 cm³/mol. The van der Waals surface area contributed by atoms with Gasteiger partial charge in [0.05, 0.1) is 18.9 Å². The first-order valence-corrected chi connectivity index (χ1v) is 6.76. The van der Waals surface area contributed by atoms with Gasteiger partial charge in [-0.3, -0.25) is 0 Å². The molecule has 0 unspecified atom stereocenters. The number of nitrogens with one attached hydrogen (secondary N) is 1. The van der Waals surface area contributed by atoms with E-state index in [0.717, 1.165) is 30.3 Å². The Kier molecular flexibility index (Phi) is 5.82. The van der Waals surface area contributed by atoms with E-state index in [0.29, 0.717) is 6.61 Å². The maximum atomic E-state index is 5.47. The van der Waals surface area contributed by atoms with Crippen LogP contribution in [0.1, 0.15) is 37.9 Å². The lowest BCUT2D eigenvalue weighted by molar-refractivity contribution is 0.123. The van der Waals surface area contributed by atoms with Crippen molar-refractivity contribution < 1.29 is 4.74 Å². The van der Waals surface area contributed by atoms with Crippen molar-refractivity contribution in [3.8, 4) is 0 Å². The number of rotatable bonds is 7. The van der Waals surface area contributed by atoms with Gasteiger partial charge in [-0.2, -0.15) is 0 Å². The maximum absolute atomic E-state index is 5.47. The Bertz CT molecular complexity index is 341. The molecule has 0 amide bonds. The minimum absolute atomic E-state index is 0.131. The van der Waals surface area contributed by atoms with Gasteiger partial charge in [-0.15, -0.1) is 17.9 Å². The number of hydrogen-bond donors (Lipinski definition) is 1. The van der Waals surface area contributed by atoms with Crippen LogP contribution in [-0.4, -0.2) is 17.1 Å². The fraction of sp³-hybridized carbons (Fsp3) is 0.615. The minimum atomic E-state index is 0.131. The molecule has 3 nitrogen and oxygen atoms in total. The van der Waals surface area contributed by atoms with Crippen molar-refractivity contribution in [3.05, 3.63) is 28.7 Å². The van der Waals surface area contributed by atoms with Crippen LogP contribution in [0, 0.1) is 0 Å². The van der Waals surface area contributed by atoms with E-state index in [1.807, 2.05) is 6.08 Å². The van der Waals surface area contributed by atoms with Crippen LogP contribution in [0.2, 0.25) is 0 Å². The lowest BCUT2D eigenvalue weighted by atomic mass is 10.1. The first-order chi connectivity index (χ1) is 8.01. The molecule has 0 aliphatic carbocycles. The van der Waals surface area contributed by atoms with Gasteiger partial charge in [-0.25, -0.2) is 4.98 Å². The van der Waals surface area contributed by atoms with Crippen molar-refractivity contribution in [2.24, 2.45) is 0 Å². The van der Waals surface area contributed by atoms with Crippen LogP contribution in [0.15, 0.2) is 18.0 Å². The molecule has 0 aromatic carbocycles. The maximum Gasteiger partial charge on any atom is 0.107 e. The Labute approximate surface area is 108 Å². The molecule has 0 radical (unpaired) electrons. The van der Waals surface area contributed by atoms with Gasteiger partial charge in [-0.05, 0) is 27.2 Å². The highest BCUT2D eigenvalue weighted by molar-refractivity contribution is 7.09. The molecule has 96 valence electrons. The van der Waals surface area contributed by atoms with Gasteiger partial charge < -0.3 is 10.1 Å². The lowest BCUT2D eigenvalue weighted by Crippen LogP contribution is -2.35. The molecule has 0 saturated heterocycles. The first kappa shape index (κ1) is 14.4. The van der Waals surface area contributed by atoms with Crippen LogP contribution in [-0.2, 0) is 17.9 Å². The van der Waals surface area contributed by atoms with Gasteiger partial charge in [0.15, 0.2) is 0 Å². The van der Waals surface area contributed by atoms with Crippen LogP contribution in [0.3, 0.4) is 0 Å². The van der Waals surface area contributed by atoms with Crippen LogP contribution in [0.4, 0.5) is 0 Å². The first-order valence-electron chi connectivity index (χ1n) is 5.88. The molecule has 1 heterocycles. The van der Waals surface area contributed by atoms with Crippen molar-refractivity contribution in [1.82, 2.24) is 10.3 Å². The van der Waals surface area contributed by atoms with Crippen molar-refractivity contribution in [2.75, 3.05) is 6.61 Å². The second-order valence-corrected chi connectivity index (χ2v) is 5.91. The summed E-state index contributed by atoms with van der Waals surface area (Å²) in [5.41, 5.74) is 1.15. The number of thiazole rings is 1. The molecule has 0 spiro atoms. The third kappa shape index (κ3) is 6.56. The highest BCUT2D eigenvalue weighted by Gasteiger charge is 2.10. The molecular formula is C13H22N2OS.